The van der Waals surface area contributed by atoms with Crippen LogP contribution < -0.4 is 0 Å². The number of pyridine rings is 1. The van der Waals surface area contributed by atoms with Gasteiger partial charge in [-0.05, 0) is 24.6 Å². The van der Waals surface area contributed by atoms with Crippen LogP contribution in [0.4, 0.5) is 0 Å². The Hall–Kier alpha value is -2.49. The normalized spacial score (nSPS) is 21.4. The minimum atomic E-state index is -0.748. The van der Waals surface area contributed by atoms with Crippen LogP contribution in [-0.4, -0.2) is 28.2 Å². The Kier molecular flexibility index (Phi) is 3.75. The van der Waals surface area contributed by atoms with E-state index in [4.69, 9.17) is 0 Å². The van der Waals surface area contributed by atoms with Gasteiger partial charge in [-0.3, -0.25) is 19.5 Å². The van der Waals surface area contributed by atoms with E-state index in [0.29, 0.717) is 13.0 Å². The lowest BCUT2D eigenvalue weighted by molar-refractivity contribution is -0.139. The molecule has 3 rings (SSSR count). The molecule has 1 aliphatic heterocycles. The Bertz CT molecular complexity index is 685. The van der Waals surface area contributed by atoms with Crippen molar-refractivity contribution in [3.63, 3.8) is 0 Å². The molecule has 4 heteroatoms. The van der Waals surface area contributed by atoms with Crippen LogP contribution in [0, 0.1) is 0 Å². The average molecular weight is 294 g/mol. The molecule has 0 saturated carbocycles. The van der Waals surface area contributed by atoms with E-state index in [1.54, 1.807) is 6.20 Å². The second-order valence-corrected chi connectivity index (χ2v) is 5.80. The summed E-state index contributed by atoms with van der Waals surface area (Å²) in [6, 6.07) is 15.2. The third-order valence-electron chi connectivity index (χ3n) is 4.25. The molecular weight excluding hydrogens is 276 g/mol. The molecule has 1 aromatic heterocycles. The molecule has 1 atom stereocenters. The lowest BCUT2D eigenvalue weighted by Gasteiger charge is -2.22. The standard InChI is InChI=1S/C18H18N2O2/c1-18(14-7-3-2-4-8-14)13-16(21)20(17(18)22)12-10-15-9-5-6-11-19-15/h2-9,11H,10,12-13H2,1H3/t18-/m0/s1. The van der Waals surface area contributed by atoms with Gasteiger partial charge in [0.05, 0.1) is 5.41 Å². The van der Waals surface area contributed by atoms with Crippen LogP contribution in [0.1, 0.15) is 24.6 Å². The van der Waals surface area contributed by atoms with Crippen LogP contribution in [0.25, 0.3) is 0 Å². The minimum Gasteiger partial charge on any atom is -0.281 e. The Morgan fingerprint density at radius 2 is 1.82 bits per heavy atom. The fourth-order valence-electron chi connectivity index (χ4n) is 2.91. The zero-order valence-electron chi connectivity index (χ0n) is 12.5. The Morgan fingerprint density at radius 1 is 1.09 bits per heavy atom. The van der Waals surface area contributed by atoms with Crippen LogP contribution in [-0.2, 0) is 21.4 Å². The van der Waals surface area contributed by atoms with Crippen LogP contribution in [0.15, 0.2) is 54.7 Å². The maximum absolute atomic E-state index is 12.7. The smallest absolute Gasteiger partial charge is 0.240 e. The number of hydrogen-bond acceptors (Lipinski definition) is 3. The molecule has 1 fully saturated rings. The fraction of sp³-hybridized carbons (Fsp3) is 0.278. The van der Waals surface area contributed by atoms with Crippen molar-refractivity contribution in [1.82, 2.24) is 9.88 Å². The largest absolute Gasteiger partial charge is 0.281 e. The Labute approximate surface area is 129 Å². The van der Waals surface area contributed by atoms with Gasteiger partial charge in [-0.25, -0.2) is 0 Å². The summed E-state index contributed by atoms with van der Waals surface area (Å²) in [6.45, 7) is 2.24. The highest BCUT2D eigenvalue weighted by molar-refractivity contribution is 6.08. The summed E-state index contributed by atoms with van der Waals surface area (Å²) < 4.78 is 0. The lowest BCUT2D eigenvalue weighted by atomic mass is 9.81. The highest BCUT2D eigenvalue weighted by Crippen LogP contribution is 2.36. The van der Waals surface area contributed by atoms with Gasteiger partial charge in [-0.2, -0.15) is 0 Å². The number of imide groups is 1. The maximum atomic E-state index is 12.7. The number of benzene rings is 1. The number of rotatable bonds is 4. The maximum Gasteiger partial charge on any atom is 0.240 e. The van der Waals surface area contributed by atoms with E-state index in [9.17, 15) is 9.59 Å². The van der Waals surface area contributed by atoms with Crippen molar-refractivity contribution in [3.8, 4) is 0 Å². The molecule has 0 N–H and O–H groups in total. The number of carbonyl (C=O) groups is 2. The molecule has 1 aromatic carbocycles. The molecule has 22 heavy (non-hydrogen) atoms. The molecule has 1 saturated heterocycles. The van der Waals surface area contributed by atoms with Crippen molar-refractivity contribution in [2.24, 2.45) is 0 Å². The average Bonchev–Trinajstić information content (AvgIpc) is 2.78. The van der Waals surface area contributed by atoms with Gasteiger partial charge in [0.2, 0.25) is 11.8 Å². The van der Waals surface area contributed by atoms with Gasteiger partial charge >= 0.3 is 0 Å². The molecular formula is C18H18N2O2. The van der Waals surface area contributed by atoms with Gasteiger partial charge in [0.15, 0.2) is 0 Å². The van der Waals surface area contributed by atoms with E-state index in [0.717, 1.165) is 11.3 Å². The molecule has 2 heterocycles. The van der Waals surface area contributed by atoms with E-state index in [1.807, 2.05) is 55.5 Å². The van der Waals surface area contributed by atoms with E-state index in [2.05, 4.69) is 4.98 Å². The molecule has 0 spiro atoms. The molecule has 4 nitrogen and oxygen atoms in total. The number of nitrogens with zero attached hydrogens (tertiary/aromatic N) is 2. The summed E-state index contributed by atoms with van der Waals surface area (Å²) in [4.78, 5) is 30.6. The summed E-state index contributed by atoms with van der Waals surface area (Å²) >= 11 is 0. The highest BCUT2D eigenvalue weighted by Gasteiger charge is 2.48. The van der Waals surface area contributed by atoms with Gasteiger partial charge in [0.25, 0.3) is 0 Å². The van der Waals surface area contributed by atoms with Crippen molar-refractivity contribution in [2.45, 2.75) is 25.2 Å². The second-order valence-electron chi connectivity index (χ2n) is 5.80. The van der Waals surface area contributed by atoms with Gasteiger partial charge in [0.1, 0.15) is 0 Å². The molecule has 0 unspecified atom stereocenters. The van der Waals surface area contributed by atoms with Gasteiger partial charge < -0.3 is 0 Å². The first kappa shape index (κ1) is 14.4. The van der Waals surface area contributed by atoms with E-state index >= 15 is 0 Å². The summed E-state index contributed by atoms with van der Waals surface area (Å²) in [5.74, 6) is -0.216. The number of hydrogen-bond donors (Lipinski definition) is 0. The SMILES string of the molecule is C[C@@]1(c2ccccc2)CC(=O)N(CCc2ccccn2)C1=O. The second kappa shape index (κ2) is 5.72. The molecule has 2 amide bonds. The third kappa shape index (κ3) is 2.52. The summed E-state index contributed by atoms with van der Waals surface area (Å²) in [5.41, 5.74) is 1.03. The minimum absolute atomic E-state index is 0.104. The highest BCUT2D eigenvalue weighted by atomic mass is 16.2. The third-order valence-corrected chi connectivity index (χ3v) is 4.25. The zero-order valence-corrected chi connectivity index (χ0v) is 12.5. The summed E-state index contributed by atoms with van der Waals surface area (Å²) in [5, 5.41) is 0. The van der Waals surface area contributed by atoms with E-state index in [-0.39, 0.29) is 18.2 Å². The summed E-state index contributed by atoms with van der Waals surface area (Å²) in [6.07, 6.45) is 2.54. The number of likely N-dealkylation sites (tertiary alicyclic amines) is 1. The van der Waals surface area contributed by atoms with Crippen molar-refractivity contribution < 1.29 is 9.59 Å². The van der Waals surface area contributed by atoms with Crippen LogP contribution in [0.3, 0.4) is 0 Å². The predicted octanol–water partition coefficient (Wildman–Crippen LogP) is 2.34. The first-order valence-electron chi connectivity index (χ1n) is 7.41. The van der Waals surface area contributed by atoms with Crippen molar-refractivity contribution in [2.75, 3.05) is 6.54 Å². The Morgan fingerprint density at radius 3 is 2.50 bits per heavy atom. The van der Waals surface area contributed by atoms with Crippen molar-refractivity contribution in [1.29, 1.82) is 0 Å². The van der Waals surface area contributed by atoms with E-state index in [1.165, 1.54) is 4.90 Å². The molecule has 1 aliphatic rings. The zero-order chi connectivity index (χ0) is 15.6. The van der Waals surface area contributed by atoms with Gasteiger partial charge in [-0.1, -0.05) is 36.4 Å². The van der Waals surface area contributed by atoms with Crippen molar-refractivity contribution in [3.05, 3.63) is 66.0 Å². The molecule has 2 aromatic rings. The quantitative estimate of drug-likeness (QED) is 0.813. The van der Waals surface area contributed by atoms with Crippen molar-refractivity contribution >= 4 is 11.8 Å². The molecule has 112 valence electrons. The molecule has 0 aliphatic carbocycles. The van der Waals surface area contributed by atoms with Crippen LogP contribution >= 0.6 is 0 Å². The first-order chi connectivity index (χ1) is 10.6. The predicted molar refractivity (Wildman–Crippen MR) is 83.1 cm³/mol. The fourth-order valence-corrected chi connectivity index (χ4v) is 2.91. The monoisotopic (exact) mass is 294 g/mol. The number of carbonyl (C=O) groups excluding carboxylic acids is 2. The number of aromatic nitrogens is 1. The van der Waals surface area contributed by atoms with Gasteiger partial charge in [0, 0.05) is 31.3 Å². The van der Waals surface area contributed by atoms with Crippen LogP contribution in [0.2, 0.25) is 0 Å². The first-order valence-corrected chi connectivity index (χ1v) is 7.41. The van der Waals surface area contributed by atoms with E-state index < -0.39 is 5.41 Å². The van der Waals surface area contributed by atoms with Crippen LogP contribution in [0.5, 0.6) is 0 Å². The molecule has 0 radical (unpaired) electrons. The topological polar surface area (TPSA) is 50.3 Å². The molecule has 0 bridgehead atoms. The lowest BCUT2D eigenvalue weighted by Crippen LogP contribution is -2.37. The summed E-state index contributed by atoms with van der Waals surface area (Å²) in [7, 11) is 0. The Balaban J connectivity index is 1.77. The number of amides is 2. The van der Waals surface area contributed by atoms with Gasteiger partial charge in [-0.15, -0.1) is 0 Å².